The number of ether oxygens (including phenoxy) is 3. The van der Waals surface area contributed by atoms with E-state index in [-0.39, 0.29) is 17.3 Å². The highest BCUT2D eigenvalue weighted by atomic mass is 16.5. The number of benzene rings is 2. The van der Waals surface area contributed by atoms with Gasteiger partial charge in [0.2, 0.25) is 11.6 Å². The normalized spacial score (nSPS) is 10.9. The molecule has 8 nitrogen and oxygen atoms in total. The van der Waals surface area contributed by atoms with Crippen molar-refractivity contribution in [3.05, 3.63) is 52.4 Å². The van der Waals surface area contributed by atoms with Crippen molar-refractivity contribution >= 4 is 11.0 Å². The van der Waals surface area contributed by atoms with E-state index in [0.29, 0.717) is 28.4 Å². The van der Waals surface area contributed by atoms with Gasteiger partial charge in [0.25, 0.3) is 5.89 Å². The summed E-state index contributed by atoms with van der Waals surface area (Å²) in [6, 6.07) is 10.6. The number of aryl methyl sites for hydroxylation is 1. The van der Waals surface area contributed by atoms with Crippen LogP contribution in [0.2, 0.25) is 0 Å². The molecule has 8 heteroatoms. The van der Waals surface area contributed by atoms with Crippen molar-refractivity contribution in [3.63, 3.8) is 0 Å². The van der Waals surface area contributed by atoms with Crippen LogP contribution in [0.1, 0.15) is 5.56 Å². The molecule has 0 atom stereocenters. The molecule has 2 heterocycles. The second kappa shape index (κ2) is 7.31. The van der Waals surface area contributed by atoms with E-state index in [1.165, 1.54) is 21.3 Å². The molecule has 0 amide bonds. The van der Waals surface area contributed by atoms with Crippen LogP contribution in [-0.2, 0) is 0 Å². The van der Waals surface area contributed by atoms with Crippen LogP contribution in [0.5, 0.6) is 17.2 Å². The third-order valence-electron chi connectivity index (χ3n) is 4.47. The maximum Gasteiger partial charge on any atom is 0.349 e. The van der Waals surface area contributed by atoms with Crippen LogP contribution in [0, 0.1) is 6.92 Å². The van der Waals surface area contributed by atoms with Gasteiger partial charge in [-0.25, -0.2) is 4.79 Å². The summed E-state index contributed by atoms with van der Waals surface area (Å²) in [7, 11) is 4.56. The molecule has 0 unspecified atom stereocenters. The van der Waals surface area contributed by atoms with E-state index in [1.807, 2.05) is 19.1 Å². The van der Waals surface area contributed by atoms with Gasteiger partial charge >= 0.3 is 5.63 Å². The van der Waals surface area contributed by atoms with Crippen molar-refractivity contribution in [2.45, 2.75) is 6.92 Å². The summed E-state index contributed by atoms with van der Waals surface area (Å²) in [6.45, 7) is 1.96. The van der Waals surface area contributed by atoms with Gasteiger partial charge in [-0.05, 0) is 37.3 Å². The Morgan fingerprint density at radius 3 is 2.31 bits per heavy atom. The van der Waals surface area contributed by atoms with Crippen molar-refractivity contribution in [1.82, 2.24) is 10.1 Å². The molecule has 0 aliphatic carbocycles. The molecule has 0 radical (unpaired) electrons. The lowest BCUT2D eigenvalue weighted by molar-refractivity contribution is 0.324. The van der Waals surface area contributed by atoms with Crippen molar-refractivity contribution in [2.24, 2.45) is 0 Å². The Labute approximate surface area is 165 Å². The molecule has 0 N–H and O–H groups in total. The standard InChI is InChI=1S/C21H18N2O6/c1-11-5-6-15-12(7-11)8-14(21(24)28-15)20-22-19(23-29-20)13-9-16(25-2)18(27-4)17(10-13)26-3/h5-10H,1-4H3. The van der Waals surface area contributed by atoms with Crippen molar-refractivity contribution < 1.29 is 23.2 Å². The second-order valence-corrected chi connectivity index (χ2v) is 6.33. The van der Waals surface area contributed by atoms with Crippen molar-refractivity contribution in [3.8, 4) is 40.1 Å². The number of fused-ring (bicyclic) bond motifs is 1. The van der Waals surface area contributed by atoms with Gasteiger partial charge in [0.15, 0.2) is 11.5 Å². The van der Waals surface area contributed by atoms with Crippen LogP contribution in [0.4, 0.5) is 0 Å². The molecular formula is C21H18N2O6. The van der Waals surface area contributed by atoms with Crippen LogP contribution in [0.3, 0.4) is 0 Å². The lowest BCUT2D eigenvalue weighted by Crippen LogP contribution is -2.03. The summed E-state index contributed by atoms with van der Waals surface area (Å²) in [5.74, 6) is 1.68. The van der Waals surface area contributed by atoms with Crippen LogP contribution in [0.15, 0.2) is 50.1 Å². The van der Waals surface area contributed by atoms with Gasteiger partial charge in [-0.3, -0.25) is 0 Å². The molecule has 148 valence electrons. The highest BCUT2D eigenvalue weighted by Crippen LogP contribution is 2.40. The van der Waals surface area contributed by atoms with Gasteiger partial charge in [-0.15, -0.1) is 0 Å². The van der Waals surface area contributed by atoms with Crippen molar-refractivity contribution in [1.29, 1.82) is 0 Å². The zero-order valence-corrected chi connectivity index (χ0v) is 16.3. The molecule has 4 aromatic rings. The molecule has 0 saturated carbocycles. The van der Waals surface area contributed by atoms with Gasteiger partial charge in [-0.1, -0.05) is 16.8 Å². The Morgan fingerprint density at radius 2 is 1.66 bits per heavy atom. The predicted molar refractivity (Wildman–Crippen MR) is 106 cm³/mol. The van der Waals surface area contributed by atoms with E-state index in [4.69, 9.17) is 23.2 Å². The molecule has 4 rings (SSSR count). The van der Waals surface area contributed by atoms with Gasteiger partial charge in [0.1, 0.15) is 11.1 Å². The Morgan fingerprint density at radius 1 is 0.931 bits per heavy atom. The van der Waals surface area contributed by atoms with Crippen LogP contribution in [-0.4, -0.2) is 31.5 Å². The van der Waals surface area contributed by atoms with E-state index in [9.17, 15) is 4.79 Å². The maximum atomic E-state index is 12.4. The summed E-state index contributed by atoms with van der Waals surface area (Å²) in [5.41, 5.74) is 1.75. The fourth-order valence-corrected chi connectivity index (χ4v) is 3.05. The molecule has 0 saturated heterocycles. The van der Waals surface area contributed by atoms with Crippen LogP contribution >= 0.6 is 0 Å². The SMILES string of the molecule is COc1cc(-c2noc(-c3cc4cc(C)ccc4oc3=O)n2)cc(OC)c1OC. The maximum absolute atomic E-state index is 12.4. The quantitative estimate of drug-likeness (QED) is 0.471. The smallest absolute Gasteiger partial charge is 0.349 e. The van der Waals surface area contributed by atoms with Gasteiger partial charge in [0.05, 0.1) is 21.3 Å². The monoisotopic (exact) mass is 394 g/mol. The molecular weight excluding hydrogens is 376 g/mol. The minimum atomic E-state index is -0.554. The second-order valence-electron chi connectivity index (χ2n) is 6.33. The zero-order chi connectivity index (χ0) is 20.5. The molecule has 0 aliphatic heterocycles. The summed E-state index contributed by atoms with van der Waals surface area (Å²) in [6.07, 6.45) is 0. The Kier molecular flexibility index (Phi) is 4.67. The predicted octanol–water partition coefficient (Wildman–Crippen LogP) is 3.84. The first-order valence-electron chi connectivity index (χ1n) is 8.73. The number of rotatable bonds is 5. The Bertz CT molecular complexity index is 1230. The summed E-state index contributed by atoms with van der Waals surface area (Å²) in [5, 5.41) is 4.76. The van der Waals surface area contributed by atoms with Gasteiger partial charge in [0, 0.05) is 10.9 Å². The molecule has 0 fully saturated rings. The summed E-state index contributed by atoms with van der Waals surface area (Å²) >= 11 is 0. The molecule has 0 spiro atoms. The Hall–Kier alpha value is -3.81. The number of hydrogen-bond donors (Lipinski definition) is 0. The van der Waals surface area contributed by atoms with Crippen LogP contribution < -0.4 is 19.8 Å². The number of nitrogens with zero attached hydrogens (tertiary/aromatic N) is 2. The molecule has 2 aromatic heterocycles. The molecule has 29 heavy (non-hydrogen) atoms. The van der Waals surface area contributed by atoms with E-state index in [1.54, 1.807) is 24.3 Å². The lowest BCUT2D eigenvalue weighted by Gasteiger charge is -2.12. The van der Waals surface area contributed by atoms with Gasteiger partial charge in [-0.2, -0.15) is 4.98 Å². The number of hydrogen-bond acceptors (Lipinski definition) is 8. The van der Waals surface area contributed by atoms with E-state index < -0.39 is 5.63 Å². The average Bonchev–Trinajstić information content (AvgIpc) is 3.22. The summed E-state index contributed by atoms with van der Waals surface area (Å²) < 4.78 is 26.7. The average molecular weight is 394 g/mol. The highest BCUT2D eigenvalue weighted by Gasteiger charge is 2.19. The fraction of sp³-hybridized carbons (Fsp3) is 0.190. The number of methoxy groups -OCH3 is 3. The van der Waals surface area contributed by atoms with E-state index in [2.05, 4.69) is 10.1 Å². The van der Waals surface area contributed by atoms with E-state index in [0.717, 1.165) is 10.9 Å². The largest absolute Gasteiger partial charge is 0.493 e. The third kappa shape index (κ3) is 3.29. The first kappa shape index (κ1) is 18.5. The van der Waals surface area contributed by atoms with E-state index >= 15 is 0 Å². The number of aromatic nitrogens is 2. The molecule has 0 bridgehead atoms. The minimum absolute atomic E-state index is 0.0610. The van der Waals surface area contributed by atoms with Gasteiger partial charge < -0.3 is 23.2 Å². The minimum Gasteiger partial charge on any atom is -0.493 e. The summed E-state index contributed by atoms with van der Waals surface area (Å²) in [4.78, 5) is 16.8. The Balaban J connectivity index is 1.81. The fourth-order valence-electron chi connectivity index (χ4n) is 3.05. The molecule has 2 aromatic carbocycles. The van der Waals surface area contributed by atoms with Crippen LogP contribution in [0.25, 0.3) is 33.8 Å². The first-order valence-corrected chi connectivity index (χ1v) is 8.73. The first-order chi connectivity index (χ1) is 14.0. The lowest BCUT2D eigenvalue weighted by atomic mass is 10.1. The van der Waals surface area contributed by atoms with Crippen molar-refractivity contribution in [2.75, 3.05) is 21.3 Å². The highest BCUT2D eigenvalue weighted by molar-refractivity contribution is 5.81. The molecule has 0 aliphatic rings. The third-order valence-corrected chi connectivity index (χ3v) is 4.47. The topological polar surface area (TPSA) is 96.8 Å². The zero-order valence-electron chi connectivity index (χ0n) is 16.3.